The average Bonchev–Trinajstić information content (AvgIpc) is 2.67. The van der Waals surface area contributed by atoms with Gasteiger partial charge in [-0.05, 0) is 55.0 Å². The summed E-state index contributed by atoms with van der Waals surface area (Å²) in [6.07, 6.45) is 0.586. The quantitative estimate of drug-likeness (QED) is 0.623. The van der Waals surface area contributed by atoms with Crippen molar-refractivity contribution in [2.45, 2.75) is 17.9 Å². The van der Waals surface area contributed by atoms with Crippen LogP contribution in [0.15, 0.2) is 65.7 Å². The van der Waals surface area contributed by atoms with Gasteiger partial charge >= 0.3 is 0 Å². The SMILES string of the molecule is CC(O)CS(=O)(=O)c1ccc(C(N)=O)cc1-c1ccc(Cl)c(-c2ccccn2)c1. The fourth-order valence-electron chi connectivity index (χ4n) is 3.00. The summed E-state index contributed by atoms with van der Waals surface area (Å²) >= 11 is 6.33. The van der Waals surface area contributed by atoms with Crippen molar-refractivity contribution in [3.63, 3.8) is 0 Å². The summed E-state index contributed by atoms with van der Waals surface area (Å²) in [5.41, 5.74) is 7.63. The molecule has 1 amide bonds. The second-order valence-electron chi connectivity index (χ2n) is 6.62. The summed E-state index contributed by atoms with van der Waals surface area (Å²) in [5.74, 6) is -1.12. The molecule has 29 heavy (non-hydrogen) atoms. The van der Waals surface area contributed by atoms with Gasteiger partial charge in [0.1, 0.15) is 0 Å². The molecule has 3 N–H and O–H groups in total. The van der Waals surface area contributed by atoms with Gasteiger partial charge in [-0.15, -0.1) is 0 Å². The Labute approximate surface area is 173 Å². The van der Waals surface area contributed by atoms with Gasteiger partial charge in [-0.3, -0.25) is 9.78 Å². The molecular weight excluding hydrogens is 412 g/mol. The van der Waals surface area contributed by atoms with Crippen LogP contribution in [0.5, 0.6) is 0 Å². The zero-order chi connectivity index (χ0) is 21.2. The highest BCUT2D eigenvalue weighted by Crippen LogP contribution is 2.35. The van der Waals surface area contributed by atoms with E-state index in [9.17, 15) is 18.3 Å². The highest BCUT2D eigenvalue weighted by Gasteiger charge is 2.23. The van der Waals surface area contributed by atoms with Crippen LogP contribution in [0.25, 0.3) is 22.4 Å². The van der Waals surface area contributed by atoms with E-state index < -0.39 is 27.6 Å². The van der Waals surface area contributed by atoms with Crippen molar-refractivity contribution in [1.82, 2.24) is 4.98 Å². The lowest BCUT2D eigenvalue weighted by molar-refractivity contribution is 0.1000. The maximum absolute atomic E-state index is 12.8. The van der Waals surface area contributed by atoms with E-state index in [-0.39, 0.29) is 10.5 Å². The topological polar surface area (TPSA) is 110 Å². The van der Waals surface area contributed by atoms with Crippen LogP contribution in [0.3, 0.4) is 0 Å². The monoisotopic (exact) mass is 430 g/mol. The predicted octanol–water partition coefficient (Wildman–Crippen LogP) is 3.32. The van der Waals surface area contributed by atoms with Crippen LogP contribution in [0, 0.1) is 0 Å². The molecule has 0 aliphatic rings. The summed E-state index contributed by atoms with van der Waals surface area (Å²) in [4.78, 5) is 16.0. The number of rotatable bonds is 6. The van der Waals surface area contributed by atoms with Crippen molar-refractivity contribution in [1.29, 1.82) is 0 Å². The highest BCUT2D eigenvalue weighted by atomic mass is 35.5. The van der Waals surface area contributed by atoms with Crippen molar-refractivity contribution in [2.75, 3.05) is 5.75 Å². The van der Waals surface area contributed by atoms with E-state index >= 15 is 0 Å². The largest absolute Gasteiger partial charge is 0.392 e. The molecule has 0 spiro atoms. The number of aliphatic hydroxyl groups is 1. The van der Waals surface area contributed by atoms with Gasteiger partial charge in [-0.1, -0.05) is 23.7 Å². The Morgan fingerprint density at radius 2 is 1.90 bits per heavy atom. The minimum absolute atomic E-state index is 0.00214. The van der Waals surface area contributed by atoms with Gasteiger partial charge in [0, 0.05) is 27.9 Å². The number of halogens is 1. The van der Waals surface area contributed by atoms with E-state index in [4.69, 9.17) is 17.3 Å². The van der Waals surface area contributed by atoms with Gasteiger partial charge in [0.2, 0.25) is 5.91 Å². The molecule has 2 aromatic carbocycles. The smallest absolute Gasteiger partial charge is 0.248 e. The number of carbonyl (C=O) groups is 1. The van der Waals surface area contributed by atoms with Crippen LogP contribution < -0.4 is 5.73 Å². The molecular formula is C21H19ClN2O4S. The highest BCUT2D eigenvalue weighted by molar-refractivity contribution is 7.91. The third-order valence-electron chi connectivity index (χ3n) is 4.28. The van der Waals surface area contributed by atoms with E-state index in [1.165, 1.54) is 25.1 Å². The number of benzene rings is 2. The lowest BCUT2D eigenvalue weighted by atomic mass is 9.99. The standard InChI is InChI=1S/C21H19ClN2O4S/c1-13(25)12-29(27,28)20-8-6-15(21(23)26)11-16(20)14-5-7-18(22)17(10-14)19-4-2-3-9-24-19/h2-11,13,25H,12H2,1H3,(H2,23,26). The third-order valence-corrected chi connectivity index (χ3v) is 6.55. The molecule has 0 aliphatic heterocycles. The number of hydrogen-bond donors (Lipinski definition) is 2. The van der Waals surface area contributed by atoms with Gasteiger partial charge < -0.3 is 10.8 Å². The van der Waals surface area contributed by atoms with Crippen LogP contribution >= 0.6 is 11.6 Å². The number of nitrogens with zero attached hydrogens (tertiary/aromatic N) is 1. The Morgan fingerprint density at radius 1 is 1.14 bits per heavy atom. The van der Waals surface area contributed by atoms with E-state index in [2.05, 4.69) is 4.98 Å². The van der Waals surface area contributed by atoms with Crippen molar-refractivity contribution in [2.24, 2.45) is 5.73 Å². The molecule has 1 aromatic heterocycles. The summed E-state index contributed by atoms with van der Waals surface area (Å²) in [7, 11) is -3.82. The molecule has 0 aliphatic carbocycles. The molecule has 3 aromatic rings. The maximum Gasteiger partial charge on any atom is 0.248 e. The minimum Gasteiger partial charge on any atom is -0.392 e. The van der Waals surface area contributed by atoms with Crippen LogP contribution in [-0.2, 0) is 9.84 Å². The molecule has 3 rings (SSSR count). The van der Waals surface area contributed by atoms with Gasteiger partial charge in [0.05, 0.1) is 22.4 Å². The van der Waals surface area contributed by atoms with Crippen molar-refractivity contribution in [3.05, 3.63) is 71.4 Å². The first kappa shape index (κ1) is 21.0. The Balaban J connectivity index is 2.24. The van der Waals surface area contributed by atoms with Crippen LogP contribution in [0.2, 0.25) is 5.02 Å². The maximum atomic E-state index is 12.8. The fraction of sp³-hybridized carbons (Fsp3) is 0.143. The first-order chi connectivity index (χ1) is 13.7. The summed E-state index contributed by atoms with van der Waals surface area (Å²) in [5, 5.41) is 10.1. The number of sulfone groups is 1. The number of amides is 1. The Morgan fingerprint density at radius 3 is 2.52 bits per heavy atom. The van der Waals surface area contributed by atoms with Gasteiger partial charge in [0.25, 0.3) is 0 Å². The van der Waals surface area contributed by atoms with Crippen LogP contribution in [0.1, 0.15) is 17.3 Å². The number of nitrogens with two attached hydrogens (primary N) is 1. The average molecular weight is 431 g/mol. The van der Waals surface area contributed by atoms with Gasteiger partial charge in [-0.25, -0.2) is 8.42 Å². The lowest BCUT2D eigenvalue weighted by Crippen LogP contribution is -2.19. The molecule has 1 heterocycles. The second kappa shape index (κ2) is 8.32. The molecule has 0 saturated carbocycles. The molecule has 0 bridgehead atoms. The molecule has 150 valence electrons. The van der Waals surface area contributed by atoms with E-state index in [0.29, 0.717) is 27.4 Å². The second-order valence-corrected chi connectivity index (χ2v) is 9.03. The normalized spacial score (nSPS) is 12.5. The number of primary amides is 1. The van der Waals surface area contributed by atoms with Gasteiger partial charge in [-0.2, -0.15) is 0 Å². The zero-order valence-corrected chi connectivity index (χ0v) is 17.1. The first-order valence-corrected chi connectivity index (χ1v) is 10.8. The van der Waals surface area contributed by atoms with E-state index in [1.807, 2.05) is 6.07 Å². The number of carbonyl (C=O) groups excluding carboxylic acids is 1. The molecule has 0 radical (unpaired) electrons. The Kier molecular flexibility index (Phi) is 6.02. The molecule has 1 unspecified atom stereocenters. The summed E-state index contributed by atoms with van der Waals surface area (Å²) in [6, 6.07) is 14.5. The Hall–Kier alpha value is -2.74. The Bertz CT molecular complexity index is 1160. The van der Waals surface area contributed by atoms with Crippen LogP contribution in [-0.4, -0.2) is 36.3 Å². The van der Waals surface area contributed by atoms with E-state index in [0.717, 1.165) is 0 Å². The fourth-order valence-corrected chi connectivity index (χ4v) is 4.81. The first-order valence-electron chi connectivity index (χ1n) is 8.75. The number of pyridine rings is 1. The van der Waals surface area contributed by atoms with Crippen LogP contribution in [0.4, 0.5) is 0 Å². The summed E-state index contributed by atoms with van der Waals surface area (Å²) in [6.45, 7) is 1.40. The van der Waals surface area contributed by atoms with E-state index in [1.54, 1.807) is 36.5 Å². The molecule has 0 fully saturated rings. The number of aliphatic hydroxyl groups excluding tert-OH is 1. The molecule has 1 atom stereocenters. The molecule has 8 heteroatoms. The number of hydrogen-bond acceptors (Lipinski definition) is 5. The van der Waals surface area contributed by atoms with Gasteiger partial charge in [0.15, 0.2) is 9.84 Å². The van der Waals surface area contributed by atoms with Crippen molar-refractivity contribution >= 4 is 27.3 Å². The zero-order valence-electron chi connectivity index (χ0n) is 15.5. The third kappa shape index (κ3) is 4.64. The minimum atomic E-state index is -3.82. The summed E-state index contributed by atoms with van der Waals surface area (Å²) < 4.78 is 25.7. The molecule has 0 saturated heterocycles. The van der Waals surface area contributed by atoms with Crippen molar-refractivity contribution < 1.29 is 18.3 Å². The lowest BCUT2D eigenvalue weighted by Gasteiger charge is -2.14. The van der Waals surface area contributed by atoms with Crippen molar-refractivity contribution in [3.8, 4) is 22.4 Å². The molecule has 6 nitrogen and oxygen atoms in total. The number of aromatic nitrogens is 1. The predicted molar refractivity (Wildman–Crippen MR) is 112 cm³/mol.